The van der Waals surface area contributed by atoms with Crippen LogP contribution in [0.1, 0.15) is 65.2 Å². The number of aliphatic hydroxyl groups is 1. The third-order valence-electron chi connectivity index (χ3n) is 3.41. The van der Waals surface area contributed by atoms with Crippen LogP contribution in [-0.4, -0.2) is 23.9 Å². The van der Waals surface area contributed by atoms with E-state index in [4.69, 9.17) is 4.74 Å². The summed E-state index contributed by atoms with van der Waals surface area (Å²) in [7, 11) is 0. The zero-order chi connectivity index (χ0) is 11.8. The van der Waals surface area contributed by atoms with E-state index in [1.807, 2.05) is 0 Å². The molecule has 2 atom stereocenters. The molecular formula is C14H28O2. The van der Waals surface area contributed by atoms with E-state index in [0.29, 0.717) is 6.10 Å². The van der Waals surface area contributed by atoms with E-state index in [2.05, 4.69) is 13.8 Å². The van der Waals surface area contributed by atoms with Crippen LogP contribution in [0.25, 0.3) is 0 Å². The molecule has 2 heteroatoms. The molecule has 1 N–H and O–H groups in total. The lowest BCUT2D eigenvalue weighted by Gasteiger charge is -2.23. The Morgan fingerprint density at radius 3 is 2.62 bits per heavy atom. The van der Waals surface area contributed by atoms with Gasteiger partial charge in [0.25, 0.3) is 0 Å². The van der Waals surface area contributed by atoms with Gasteiger partial charge in [-0.1, -0.05) is 26.7 Å². The van der Waals surface area contributed by atoms with Crippen LogP contribution in [0, 0.1) is 5.92 Å². The first-order valence-electron chi connectivity index (χ1n) is 6.98. The highest BCUT2D eigenvalue weighted by atomic mass is 16.5. The minimum absolute atomic E-state index is 0.107. The van der Waals surface area contributed by atoms with Crippen molar-refractivity contribution in [2.24, 2.45) is 5.92 Å². The standard InChI is InChI=1S/C14H28O2/c1-12(2)6-5-7-13(15)9-10-14-8-3-4-11-16-14/h12-15H,3-11H2,1-2H3. The van der Waals surface area contributed by atoms with Gasteiger partial charge in [-0.2, -0.15) is 0 Å². The van der Waals surface area contributed by atoms with Crippen molar-refractivity contribution < 1.29 is 9.84 Å². The zero-order valence-corrected chi connectivity index (χ0v) is 11.0. The molecule has 0 bridgehead atoms. The summed E-state index contributed by atoms with van der Waals surface area (Å²) in [6.45, 7) is 5.40. The van der Waals surface area contributed by atoms with Crippen LogP contribution in [-0.2, 0) is 4.74 Å². The molecule has 0 amide bonds. The molecule has 1 aliphatic heterocycles. The van der Waals surface area contributed by atoms with Crippen molar-refractivity contribution in [1.29, 1.82) is 0 Å². The quantitative estimate of drug-likeness (QED) is 0.722. The summed E-state index contributed by atoms with van der Waals surface area (Å²) in [6.07, 6.45) is 9.34. The van der Waals surface area contributed by atoms with Gasteiger partial charge < -0.3 is 9.84 Å². The van der Waals surface area contributed by atoms with Crippen molar-refractivity contribution >= 4 is 0 Å². The van der Waals surface area contributed by atoms with Gasteiger partial charge in [-0.15, -0.1) is 0 Å². The average Bonchev–Trinajstić information content (AvgIpc) is 2.27. The Bertz CT molecular complexity index is 162. The minimum atomic E-state index is -0.107. The summed E-state index contributed by atoms with van der Waals surface area (Å²) in [4.78, 5) is 0. The SMILES string of the molecule is CC(C)CCCC(O)CCC1CCCCO1. The molecule has 1 aliphatic rings. The van der Waals surface area contributed by atoms with Crippen LogP contribution in [0.2, 0.25) is 0 Å². The molecule has 1 fully saturated rings. The van der Waals surface area contributed by atoms with E-state index in [-0.39, 0.29) is 6.10 Å². The maximum atomic E-state index is 9.84. The summed E-state index contributed by atoms with van der Waals surface area (Å²) in [6, 6.07) is 0. The fourth-order valence-electron chi connectivity index (χ4n) is 2.32. The number of rotatable bonds is 7. The second-order valence-electron chi connectivity index (χ2n) is 5.54. The third kappa shape index (κ3) is 6.49. The summed E-state index contributed by atoms with van der Waals surface area (Å²) < 4.78 is 5.66. The molecule has 0 saturated carbocycles. The molecule has 16 heavy (non-hydrogen) atoms. The van der Waals surface area contributed by atoms with Gasteiger partial charge >= 0.3 is 0 Å². The lowest BCUT2D eigenvalue weighted by Crippen LogP contribution is -2.21. The predicted octanol–water partition coefficient (Wildman–Crippen LogP) is 3.52. The molecule has 1 saturated heterocycles. The van der Waals surface area contributed by atoms with Gasteiger partial charge in [-0.25, -0.2) is 0 Å². The van der Waals surface area contributed by atoms with E-state index < -0.39 is 0 Å². The predicted molar refractivity (Wildman–Crippen MR) is 67.5 cm³/mol. The first-order chi connectivity index (χ1) is 7.68. The molecule has 0 radical (unpaired) electrons. The molecule has 0 aliphatic carbocycles. The monoisotopic (exact) mass is 228 g/mol. The van der Waals surface area contributed by atoms with Crippen LogP contribution in [0.15, 0.2) is 0 Å². The van der Waals surface area contributed by atoms with Crippen LogP contribution in [0.4, 0.5) is 0 Å². The normalized spacial score (nSPS) is 23.6. The Hall–Kier alpha value is -0.0800. The Kier molecular flexibility index (Phi) is 7.06. The fourth-order valence-corrected chi connectivity index (χ4v) is 2.32. The average molecular weight is 228 g/mol. The second kappa shape index (κ2) is 8.08. The van der Waals surface area contributed by atoms with Gasteiger partial charge in [0, 0.05) is 6.61 Å². The Morgan fingerprint density at radius 2 is 2.00 bits per heavy atom. The molecule has 0 aromatic heterocycles. The fraction of sp³-hybridized carbons (Fsp3) is 1.00. The number of aliphatic hydroxyl groups excluding tert-OH is 1. The van der Waals surface area contributed by atoms with E-state index in [1.165, 1.54) is 25.7 Å². The number of ether oxygens (including phenoxy) is 1. The van der Waals surface area contributed by atoms with Crippen LogP contribution < -0.4 is 0 Å². The molecule has 2 nitrogen and oxygen atoms in total. The molecule has 2 unspecified atom stereocenters. The lowest BCUT2D eigenvalue weighted by molar-refractivity contribution is 0.00154. The van der Waals surface area contributed by atoms with Crippen LogP contribution >= 0.6 is 0 Å². The molecular weight excluding hydrogens is 200 g/mol. The maximum Gasteiger partial charge on any atom is 0.0576 e. The summed E-state index contributed by atoms with van der Waals surface area (Å²) >= 11 is 0. The summed E-state index contributed by atoms with van der Waals surface area (Å²) in [5.41, 5.74) is 0. The Morgan fingerprint density at radius 1 is 1.19 bits per heavy atom. The van der Waals surface area contributed by atoms with Crippen molar-refractivity contribution in [1.82, 2.24) is 0 Å². The first-order valence-corrected chi connectivity index (χ1v) is 6.98. The molecule has 0 aromatic carbocycles. The van der Waals surface area contributed by atoms with E-state index in [0.717, 1.165) is 38.2 Å². The van der Waals surface area contributed by atoms with Gasteiger partial charge in [0.05, 0.1) is 12.2 Å². The second-order valence-corrected chi connectivity index (χ2v) is 5.54. The Labute approximate surface area is 100 Å². The van der Waals surface area contributed by atoms with Gasteiger partial charge in [0.2, 0.25) is 0 Å². The summed E-state index contributed by atoms with van der Waals surface area (Å²) in [5, 5.41) is 9.84. The van der Waals surface area contributed by atoms with E-state index in [1.54, 1.807) is 0 Å². The van der Waals surface area contributed by atoms with Gasteiger partial charge in [-0.3, -0.25) is 0 Å². The summed E-state index contributed by atoms with van der Waals surface area (Å²) in [5.74, 6) is 0.758. The van der Waals surface area contributed by atoms with Crippen molar-refractivity contribution in [2.75, 3.05) is 6.61 Å². The smallest absolute Gasteiger partial charge is 0.0576 e. The van der Waals surface area contributed by atoms with E-state index >= 15 is 0 Å². The molecule has 1 rings (SSSR count). The molecule has 1 heterocycles. The number of hydrogen-bond acceptors (Lipinski definition) is 2. The maximum absolute atomic E-state index is 9.84. The highest BCUT2D eigenvalue weighted by Gasteiger charge is 2.15. The largest absolute Gasteiger partial charge is 0.393 e. The first kappa shape index (κ1) is 14.0. The van der Waals surface area contributed by atoms with Crippen molar-refractivity contribution in [3.63, 3.8) is 0 Å². The number of hydrogen-bond donors (Lipinski definition) is 1. The van der Waals surface area contributed by atoms with Gasteiger partial charge in [0.15, 0.2) is 0 Å². The minimum Gasteiger partial charge on any atom is -0.393 e. The van der Waals surface area contributed by atoms with Crippen molar-refractivity contribution in [3.05, 3.63) is 0 Å². The van der Waals surface area contributed by atoms with Crippen LogP contribution in [0.5, 0.6) is 0 Å². The highest BCUT2D eigenvalue weighted by Crippen LogP contribution is 2.19. The topological polar surface area (TPSA) is 29.5 Å². The molecule has 0 aromatic rings. The third-order valence-corrected chi connectivity index (χ3v) is 3.41. The van der Waals surface area contributed by atoms with Crippen molar-refractivity contribution in [2.45, 2.75) is 77.4 Å². The Balaban J connectivity index is 1.98. The lowest BCUT2D eigenvalue weighted by atomic mass is 9.99. The zero-order valence-electron chi connectivity index (χ0n) is 11.0. The van der Waals surface area contributed by atoms with Gasteiger partial charge in [-0.05, 0) is 44.4 Å². The van der Waals surface area contributed by atoms with E-state index in [9.17, 15) is 5.11 Å². The van der Waals surface area contributed by atoms with Crippen LogP contribution in [0.3, 0.4) is 0 Å². The van der Waals surface area contributed by atoms with Crippen molar-refractivity contribution in [3.8, 4) is 0 Å². The molecule has 0 spiro atoms. The highest BCUT2D eigenvalue weighted by molar-refractivity contribution is 4.66. The molecule has 96 valence electrons. The van der Waals surface area contributed by atoms with Gasteiger partial charge in [0.1, 0.15) is 0 Å².